The molecule has 1 aromatic rings. The van der Waals surface area contributed by atoms with Crippen LogP contribution < -0.4 is 0 Å². The van der Waals surface area contributed by atoms with Gasteiger partial charge in [-0.2, -0.15) is 11.3 Å². The third kappa shape index (κ3) is 3.68. The minimum absolute atomic E-state index is 0.112. The van der Waals surface area contributed by atoms with Crippen molar-refractivity contribution in [3.8, 4) is 0 Å². The van der Waals surface area contributed by atoms with Crippen LogP contribution in [0.5, 0.6) is 0 Å². The SMILES string of the molecule is CC1(C)[C@@H]2C[C@H]3OB([C@@H](Cc4ccsc4)N([Si](C)(C)C)[Si](C)(C)C)O[C@@]3(C)[C@H]1C2. The molecule has 3 nitrogen and oxygen atoms in total. The van der Waals surface area contributed by atoms with E-state index in [1.54, 1.807) is 11.3 Å². The average molecular weight is 450 g/mol. The van der Waals surface area contributed by atoms with Gasteiger partial charge in [-0.3, -0.25) is 0 Å². The van der Waals surface area contributed by atoms with Crippen molar-refractivity contribution >= 4 is 34.9 Å². The molecule has 0 N–H and O–H groups in total. The second-order valence-corrected chi connectivity index (χ2v) is 23.3. The Morgan fingerprint density at radius 2 is 1.79 bits per heavy atom. The summed E-state index contributed by atoms with van der Waals surface area (Å²) >= 11 is 1.80. The zero-order chi connectivity index (χ0) is 21.4. The van der Waals surface area contributed by atoms with Crippen LogP contribution in [0.4, 0.5) is 0 Å². The molecule has 0 unspecified atom stereocenters. The van der Waals surface area contributed by atoms with Gasteiger partial charge in [0.1, 0.15) is 16.5 Å². The fourth-order valence-corrected chi connectivity index (χ4v) is 18.2. The molecule has 0 aromatic carbocycles. The average Bonchev–Trinajstić information content (AvgIpc) is 3.17. The van der Waals surface area contributed by atoms with E-state index in [1.807, 2.05) is 0 Å². The van der Waals surface area contributed by atoms with Gasteiger partial charge < -0.3 is 13.5 Å². The van der Waals surface area contributed by atoms with Gasteiger partial charge in [0.2, 0.25) is 0 Å². The number of hydrogen-bond acceptors (Lipinski definition) is 4. The molecule has 0 spiro atoms. The Morgan fingerprint density at radius 3 is 2.31 bits per heavy atom. The lowest BCUT2D eigenvalue weighted by Gasteiger charge is -2.64. The van der Waals surface area contributed by atoms with E-state index in [0.29, 0.717) is 17.3 Å². The van der Waals surface area contributed by atoms with Crippen molar-refractivity contribution in [3.05, 3.63) is 22.4 Å². The second-order valence-electron chi connectivity index (χ2n) is 12.5. The molecule has 0 radical (unpaired) electrons. The molecule has 3 saturated carbocycles. The van der Waals surface area contributed by atoms with Crippen LogP contribution in [0.2, 0.25) is 39.3 Å². The summed E-state index contributed by atoms with van der Waals surface area (Å²) in [5, 5.41) is 4.51. The van der Waals surface area contributed by atoms with Crippen LogP contribution in [0.15, 0.2) is 16.8 Å². The number of hydrogen-bond donors (Lipinski definition) is 0. The van der Waals surface area contributed by atoms with Crippen molar-refractivity contribution in [1.29, 1.82) is 0 Å². The van der Waals surface area contributed by atoms with Gasteiger partial charge in [0, 0.05) is 5.94 Å². The molecule has 4 aliphatic rings. The smallest absolute Gasteiger partial charge is 0.404 e. The van der Waals surface area contributed by atoms with Gasteiger partial charge >= 0.3 is 7.12 Å². The van der Waals surface area contributed by atoms with E-state index < -0.39 is 16.5 Å². The number of thiophene rings is 1. The first kappa shape index (κ1) is 22.3. The molecular weight excluding hydrogens is 409 g/mol. The molecule has 1 aliphatic heterocycles. The van der Waals surface area contributed by atoms with E-state index in [0.717, 1.165) is 12.3 Å². The minimum Gasteiger partial charge on any atom is -0.404 e. The minimum atomic E-state index is -1.56. The Labute approximate surface area is 184 Å². The van der Waals surface area contributed by atoms with E-state index in [4.69, 9.17) is 9.31 Å². The summed E-state index contributed by atoms with van der Waals surface area (Å²) in [6, 6.07) is 2.29. The third-order valence-electron chi connectivity index (χ3n) is 8.08. The number of nitrogens with zero attached hydrogens (tertiary/aromatic N) is 1. The first-order chi connectivity index (χ1) is 13.2. The van der Waals surface area contributed by atoms with E-state index in [9.17, 15) is 0 Å². The lowest BCUT2D eigenvalue weighted by Crippen LogP contribution is -2.68. The van der Waals surface area contributed by atoms with Crippen molar-refractivity contribution < 1.29 is 9.31 Å². The van der Waals surface area contributed by atoms with Gasteiger partial charge in [-0.1, -0.05) is 53.1 Å². The summed E-state index contributed by atoms with van der Waals surface area (Å²) in [6.45, 7) is 22.2. The van der Waals surface area contributed by atoms with E-state index in [-0.39, 0.29) is 18.8 Å². The van der Waals surface area contributed by atoms with Gasteiger partial charge in [-0.25, -0.2) is 0 Å². The summed E-state index contributed by atoms with van der Waals surface area (Å²) < 4.78 is 16.7. The maximum absolute atomic E-state index is 7.00. The van der Waals surface area contributed by atoms with Crippen molar-refractivity contribution in [2.24, 2.45) is 17.3 Å². The first-order valence-corrected chi connectivity index (χ1v) is 19.2. The van der Waals surface area contributed by atoms with Gasteiger partial charge in [0.05, 0.1) is 11.7 Å². The molecule has 29 heavy (non-hydrogen) atoms. The highest BCUT2D eigenvalue weighted by Crippen LogP contribution is 2.65. The fraction of sp³-hybridized carbons (Fsp3) is 0.818. The quantitative estimate of drug-likeness (QED) is 0.505. The molecule has 4 fully saturated rings. The Hall–Kier alpha value is 0.0787. The highest BCUT2D eigenvalue weighted by Gasteiger charge is 2.69. The van der Waals surface area contributed by atoms with Crippen molar-refractivity contribution in [2.45, 2.75) is 97.0 Å². The molecule has 5 rings (SSSR count). The molecule has 1 saturated heterocycles. The Kier molecular flexibility index (Phi) is 5.41. The molecule has 0 amide bonds. The standard InChI is InChI=1S/C22H40BNO2SSi2/c1-21(2)17-13-18(21)22(3)19(14-17)25-23(26-22)20(12-16-10-11-27-15-16)24(28(4,5)6)29(7,8)9/h10-11,15,17-20H,12-14H2,1-9H3/t17-,18-,19+,20+,22-/m0/s1. The normalized spacial score (nSPS) is 34.8. The van der Waals surface area contributed by atoms with Crippen LogP contribution in [-0.4, -0.2) is 45.5 Å². The summed E-state index contributed by atoms with van der Waals surface area (Å²) in [6.07, 6.45) is 3.78. The van der Waals surface area contributed by atoms with Crippen molar-refractivity contribution in [2.75, 3.05) is 0 Å². The summed E-state index contributed by atoms with van der Waals surface area (Å²) in [5.74, 6) is 1.73. The van der Waals surface area contributed by atoms with E-state index in [1.165, 1.54) is 18.4 Å². The van der Waals surface area contributed by atoms with Crippen molar-refractivity contribution in [1.82, 2.24) is 4.23 Å². The zero-order valence-corrected chi connectivity index (χ0v) is 22.7. The highest BCUT2D eigenvalue weighted by atomic mass is 32.1. The highest BCUT2D eigenvalue weighted by molar-refractivity contribution is 7.08. The maximum atomic E-state index is 7.00. The lowest BCUT2D eigenvalue weighted by molar-refractivity contribution is -0.199. The largest absolute Gasteiger partial charge is 0.475 e. The van der Waals surface area contributed by atoms with Crippen LogP contribution in [0.25, 0.3) is 0 Å². The molecule has 5 atom stereocenters. The number of rotatable bonds is 6. The van der Waals surface area contributed by atoms with E-state index >= 15 is 0 Å². The van der Waals surface area contributed by atoms with Gasteiger partial charge in [0.25, 0.3) is 0 Å². The van der Waals surface area contributed by atoms with Crippen LogP contribution in [0, 0.1) is 17.3 Å². The maximum Gasteiger partial charge on any atom is 0.475 e. The zero-order valence-electron chi connectivity index (χ0n) is 19.9. The van der Waals surface area contributed by atoms with Gasteiger partial charge in [-0.05, 0) is 65.8 Å². The van der Waals surface area contributed by atoms with Crippen LogP contribution in [0.1, 0.15) is 39.2 Å². The Morgan fingerprint density at radius 1 is 1.14 bits per heavy atom. The summed E-state index contributed by atoms with van der Waals surface area (Å²) in [5.41, 5.74) is 1.70. The summed E-state index contributed by atoms with van der Waals surface area (Å²) in [7, 11) is -3.22. The van der Waals surface area contributed by atoms with Crippen LogP contribution in [-0.2, 0) is 15.7 Å². The predicted octanol–water partition coefficient (Wildman–Crippen LogP) is 5.90. The molecule has 162 valence electrons. The monoisotopic (exact) mass is 449 g/mol. The molecular formula is C22H40BNO2SSi2. The second kappa shape index (κ2) is 7.04. The van der Waals surface area contributed by atoms with Crippen LogP contribution >= 0.6 is 11.3 Å². The van der Waals surface area contributed by atoms with Crippen molar-refractivity contribution in [3.63, 3.8) is 0 Å². The van der Waals surface area contributed by atoms with Gasteiger partial charge in [0.15, 0.2) is 0 Å². The Balaban J connectivity index is 1.67. The molecule has 2 bridgehead atoms. The molecule has 2 heterocycles. The predicted molar refractivity (Wildman–Crippen MR) is 130 cm³/mol. The van der Waals surface area contributed by atoms with E-state index in [2.05, 4.69) is 81.1 Å². The third-order valence-corrected chi connectivity index (χ3v) is 16.4. The molecule has 3 aliphatic carbocycles. The summed E-state index contributed by atoms with van der Waals surface area (Å²) in [4.78, 5) is 0. The fourth-order valence-electron chi connectivity index (χ4n) is 7.02. The van der Waals surface area contributed by atoms with Gasteiger partial charge in [-0.15, -0.1) is 0 Å². The van der Waals surface area contributed by atoms with Crippen LogP contribution in [0.3, 0.4) is 0 Å². The molecule has 7 heteroatoms. The topological polar surface area (TPSA) is 21.7 Å². The lowest BCUT2D eigenvalue weighted by atomic mass is 9.43. The Bertz CT molecular complexity index is 731. The molecule has 1 aromatic heterocycles. The first-order valence-electron chi connectivity index (χ1n) is 11.4.